The van der Waals surface area contributed by atoms with Gasteiger partial charge in [0, 0.05) is 0 Å². The van der Waals surface area contributed by atoms with Crippen LogP contribution in [0.1, 0.15) is 6.42 Å². The molecule has 1 nitrogen and oxygen atoms in total. The summed E-state index contributed by atoms with van der Waals surface area (Å²) in [4.78, 5) is 0. The molecule has 12 heavy (non-hydrogen) atoms. The van der Waals surface area contributed by atoms with Gasteiger partial charge in [0.15, 0.2) is 0 Å². The minimum absolute atomic E-state index is 0.768. The summed E-state index contributed by atoms with van der Waals surface area (Å²) in [7, 11) is 0. The molecule has 0 bridgehead atoms. The zero-order valence-corrected chi connectivity index (χ0v) is 6.99. The van der Waals surface area contributed by atoms with E-state index in [4.69, 9.17) is 4.74 Å². The van der Waals surface area contributed by atoms with Gasteiger partial charge in [0.05, 0.1) is 13.2 Å². The van der Waals surface area contributed by atoms with Crippen LogP contribution >= 0.6 is 0 Å². The molecule has 62 valence electrons. The lowest BCUT2D eigenvalue weighted by Gasteiger charge is -2.16. The largest absolute Gasteiger partial charge is 0.376 e. The molecule has 0 saturated carbocycles. The molecule has 0 unspecified atom stereocenters. The van der Waals surface area contributed by atoms with Crippen molar-refractivity contribution in [3.05, 3.63) is 47.6 Å². The van der Waals surface area contributed by atoms with Gasteiger partial charge in [-0.2, -0.15) is 0 Å². The summed E-state index contributed by atoms with van der Waals surface area (Å²) in [6.07, 6.45) is 13.6. The van der Waals surface area contributed by atoms with Gasteiger partial charge in [-0.15, -0.1) is 0 Å². The first-order valence-electron chi connectivity index (χ1n) is 4.28. The first-order valence-corrected chi connectivity index (χ1v) is 4.28. The van der Waals surface area contributed by atoms with Crippen LogP contribution in [0.25, 0.3) is 0 Å². The first kappa shape index (κ1) is 7.56. The molecule has 0 saturated heterocycles. The summed E-state index contributed by atoms with van der Waals surface area (Å²) >= 11 is 0. The molecule has 0 radical (unpaired) electrons. The van der Waals surface area contributed by atoms with Crippen molar-refractivity contribution in [3.8, 4) is 0 Å². The molecule has 0 N–H and O–H groups in total. The Bertz CT molecular complexity index is 251. The third-order valence-corrected chi connectivity index (χ3v) is 2.11. The average Bonchev–Trinajstić information content (AvgIpc) is 2.06. The summed E-state index contributed by atoms with van der Waals surface area (Å²) in [6, 6.07) is 0. The second kappa shape index (κ2) is 3.55. The fourth-order valence-corrected chi connectivity index (χ4v) is 1.43. The van der Waals surface area contributed by atoms with Crippen molar-refractivity contribution in [1.82, 2.24) is 0 Å². The molecule has 0 spiro atoms. The van der Waals surface area contributed by atoms with Gasteiger partial charge in [-0.1, -0.05) is 36.5 Å². The second-order valence-electron chi connectivity index (χ2n) is 2.96. The van der Waals surface area contributed by atoms with Crippen molar-refractivity contribution in [2.45, 2.75) is 6.42 Å². The van der Waals surface area contributed by atoms with Crippen LogP contribution in [0.2, 0.25) is 0 Å². The monoisotopic (exact) mass is 160 g/mol. The van der Waals surface area contributed by atoms with Crippen LogP contribution in [0.5, 0.6) is 0 Å². The first-order chi connectivity index (χ1) is 5.97. The Balaban J connectivity index is 2.31. The smallest absolute Gasteiger partial charge is 0.0719 e. The highest BCUT2D eigenvalue weighted by Gasteiger charge is 2.07. The van der Waals surface area contributed by atoms with Gasteiger partial charge in [-0.05, 0) is 17.6 Å². The van der Waals surface area contributed by atoms with Gasteiger partial charge < -0.3 is 4.74 Å². The lowest BCUT2D eigenvalue weighted by molar-refractivity contribution is 0.150. The van der Waals surface area contributed by atoms with Gasteiger partial charge in [0.1, 0.15) is 0 Å². The summed E-state index contributed by atoms with van der Waals surface area (Å²) in [6.45, 7) is 1.63. The van der Waals surface area contributed by atoms with Crippen LogP contribution in [0, 0.1) is 0 Å². The fraction of sp³-hybridized carbons (Fsp3) is 0.273. The Labute approximate surface area is 72.7 Å². The molecule has 2 aliphatic rings. The van der Waals surface area contributed by atoms with Crippen LogP contribution in [0.4, 0.5) is 0 Å². The van der Waals surface area contributed by atoms with Gasteiger partial charge in [-0.25, -0.2) is 0 Å². The molecule has 1 heterocycles. The lowest BCUT2D eigenvalue weighted by atomic mass is 10.0. The summed E-state index contributed by atoms with van der Waals surface area (Å²) in [5.41, 5.74) is 2.74. The van der Waals surface area contributed by atoms with E-state index in [1.807, 2.05) is 6.08 Å². The van der Waals surface area contributed by atoms with Crippen molar-refractivity contribution < 1.29 is 4.74 Å². The van der Waals surface area contributed by atoms with E-state index in [2.05, 4.69) is 30.4 Å². The molecule has 0 amide bonds. The number of hydrogen-bond acceptors (Lipinski definition) is 1. The maximum Gasteiger partial charge on any atom is 0.0719 e. The van der Waals surface area contributed by atoms with E-state index >= 15 is 0 Å². The van der Waals surface area contributed by atoms with Crippen molar-refractivity contribution in [2.24, 2.45) is 0 Å². The van der Waals surface area contributed by atoms with E-state index in [9.17, 15) is 0 Å². The molecular formula is C11H12O. The molecule has 1 heteroatoms. The Morgan fingerprint density at radius 2 is 1.67 bits per heavy atom. The van der Waals surface area contributed by atoms with E-state index in [1.54, 1.807) is 0 Å². The Morgan fingerprint density at radius 3 is 2.50 bits per heavy atom. The Morgan fingerprint density at radius 1 is 0.917 bits per heavy atom. The molecule has 1 aliphatic carbocycles. The summed E-state index contributed by atoms with van der Waals surface area (Å²) < 4.78 is 5.37. The standard InChI is InChI=1S/C11H12O/c1-2-4-6-11-9-12-8-7-10(11)5-3-1/h1-6H,7-9H2. The topological polar surface area (TPSA) is 9.23 Å². The quantitative estimate of drug-likeness (QED) is 0.528. The molecule has 0 aromatic rings. The SMILES string of the molecule is C1=CC=CC2=C(C=C1)CCOC2. The predicted molar refractivity (Wildman–Crippen MR) is 49.9 cm³/mol. The molecule has 0 aromatic carbocycles. The van der Waals surface area contributed by atoms with Crippen molar-refractivity contribution >= 4 is 0 Å². The van der Waals surface area contributed by atoms with Crippen LogP contribution < -0.4 is 0 Å². The van der Waals surface area contributed by atoms with Crippen LogP contribution in [-0.2, 0) is 4.74 Å². The fourth-order valence-electron chi connectivity index (χ4n) is 1.43. The number of allylic oxidation sites excluding steroid dienone is 5. The summed E-state index contributed by atoms with van der Waals surface area (Å²) in [5.74, 6) is 0. The third-order valence-electron chi connectivity index (χ3n) is 2.11. The molecule has 2 rings (SSSR count). The predicted octanol–water partition coefficient (Wildman–Crippen LogP) is 2.39. The number of hydrogen-bond donors (Lipinski definition) is 0. The van der Waals surface area contributed by atoms with Crippen LogP contribution in [0.3, 0.4) is 0 Å². The van der Waals surface area contributed by atoms with Crippen LogP contribution in [0.15, 0.2) is 47.6 Å². The van der Waals surface area contributed by atoms with E-state index < -0.39 is 0 Å². The van der Waals surface area contributed by atoms with Gasteiger partial charge in [0.25, 0.3) is 0 Å². The normalized spacial score (nSPS) is 22.0. The van der Waals surface area contributed by atoms with E-state index in [-0.39, 0.29) is 0 Å². The Kier molecular flexibility index (Phi) is 2.23. The molecular weight excluding hydrogens is 148 g/mol. The molecule has 0 aromatic heterocycles. The second-order valence-corrected chi connectivity index (χ2v) is 2.96. The maximum absolute atomic E-state index is 5.37. The molecule has 0 fully saturated rings. The highest BCUT2D eigenvalue weighted by atomic mass is 16.5. The van der Waals surface area contributed by atoms with Gasteiger partial charge in [-0.3, -0.25) is 0 Å². The van der Waals surface area contributed by atoms with Crippen molar-refractivity contribution in [2.75, 3.05) is 13.2 Å². The molecule has 0 atom stereocenters. The van der Waals surface area contributed by atoms with Gasteiger partial charge >= 0.3 is 0 Å². The minimum Gasteiger partial charge on any atom is -0.376 e. The highest BCUT2D eigenvalue weighted by molar-refractivity contribution is 5.39. The highest BCUT2D eigenvalue weighted by Crippen LogP contribution is 2.18. The van der Waals surface area contributed by atoms with Crippen LogP contribution in [-0.4, -0.2) is 13.2 Å². The lowest BCUT2D eigenvalue weighted by Crippen LogP contribution is -2.08. The van der Waals surface area contributed by atoms with E-state index in [0.29, 0.717) is 0 Å². The van der Waals surface area contributed by atoms with Crippen molar-refractivity contribution in [1.29, 1.82) is 0 Å². The zero-order chi connectivity index (χ0) is 8.23. The number of rotatable bonds is 0. The third kappa shape index (κ3) is 1.56. The van der Waals surface area contributed by atoms with E-state index in [1.165, 1.54) is 11.1 Å². The van der Waals surface area contributed by atoms with E-state index in [0.717, 1.165) is 19.6 Å². The zero-order valence-electron chi connectivity index (χ0n) is 6.99. The van der Waals surface area contributed by atoms with Crippen molar-refractivity contribution in [3.63, 3.8) is 0 Å². The average molecular weight is 160 g/mol. The minimum atomic E-state index is 0.768. The van der Waals surface area contributed by atoms with Gasteiger partial charge in [0.2, 0.25) is 0 Å². The summed E-state index contributed by atoms with van der Waals surface area (Å²) in [5, 5.41) is 0. The maximum atomic E-state index is 5.37. The number of ether oxygens (including phenoxy) is 1. The Hall–Kier alpha value is -1.08. The molecule has 1 aliphatic heterocycles.